The van der Waals surface area contributed by atoms with Gasteiger partial charge in [0.05, 0.1) is 19.8 Å². The summed E-state index contributed by atoms with van der Waals surface area (Å²) in [4.78, 5) is 24.0. The van der Waals surface area contributed by atoms with Gasteiger partial charge in [-0.05, 0) is 24.3 Å². The van der Waals surface area contributed by atoms with Gasteiger partial charge >= 0.3 is 12.6 Å². The zero-order valence-corrected chi connectivity index (χ0v) is 15.2. The number of amides is 1. The Bertz CT molecular complexity index is 828. The Labute approximate surface area is 160 Å². The van der Waals surface area contributed by atoms with E-state index in [9.17, 15) is 18.4 Å². The van der Waals surface area contributed by atoms with Crippen molar-refractivity contribution in [1.29, 1.82) is 0 Å². The topological polar surface area (TPSA) is 83.1 Å². The first-order valence-electron chi connectivity index (χ1n) is 8.13. The molecule has 150 valence electrons. The molecule has 2 aromatic rings. The second kappa shape index (κ2) is 10.1. The number of carbonyl (C=O) groups excluding carboxylic acids is 2. The molecule has 0 aliphatic carbocycles. The van der Waals surface area contributed by atoms with Crippen LogP contribution in [0.1, 0.15) is 15.9 Å². The molecule has 1 N–H and O–H groups in total. The van der Waals surface area contributed by atoms with Gasteiger partial charge in [-0.1, -0.05) is 18.2 Å². The molecule has 0 aliphatic heterocycles. The Morgan fingerprint density at radius 2 is 1.71 bits per heavy atom. The summed E-state index contributed by atoms with van der Waals surface area (Å²) in [7, 11) is 2.77. The monoisotopic (exact) mass is 395 g/mol. The maximum atomic E-state index is 12.3. The Morgan fingerprint density at radius 1 is 1.00 bits per heavy atom. The molecule has 2 rings (SSSR count). The molecule has 0 heterocycles. The summed E-state index contributed by atoms with van der Waals surface area (Å²) < 4.78 is 44.0. The van der Waals surface area contributed by atoms with Crippen LogP contribution >= 0.6 is 0 Å². The molecule has 7 nitrogen and oxygen atoms in total. The van der Waals surface area contributed by atoms with Gasteiger partial charge in [0.15, 0.2) is 18.1 Å². The fourth-order valence-corrected chi connectivity index (χ4v) is 2.30. The highest BCUT2D eigenvalue weighted by atomic mass is 19.3. The van der Waals surface area contributed by atoms with Crippen molar-refractivity contribution in [2.24, 2.45) is 0 Å². The number of esters is 1. The average Bonchev–Trinajstić information content (AvgIpc) is 2.70. The van der Waals surface area contributed by atoms with E-state index in [2.05, 4.69) is 10.1 Å². The van der Waals surface area contributed by atoms with Gasteiger partial charge in [-0.25, -0.2) is 4.79 Å². The highest BCUT2D eigenvalue weighted by molar-refractivity contribution is 5.92. The molecule has 0 radical (unpaired) electrons. The Morgan fingerprint density at radius 3 is 2.39 bits per heavy atom. The quantitative estimate of drug-likeness (QED) is 0.658. The van der Waals surface area contributed by atoms with E-state index in [0.29, 0.717) is 5.75 Å². The van der Waals surface area contributed by atoms with Crippen molar-refractivity contribution in [3.63, 3.8) is 0 Å². The number of ether oxygens (including phenoxy) is 4. The number of carbonyl (C=O) groups is 2. The van der Waals surface area contributed by atoms with Crippen molar-refractivity contribution in [3.05, 3.63) is 53.6 Å². The molecule has 28 heavy (non-hydrogen) atoms. The number of hydrogen-bond donors (Lipinski definition) is 1. The van der Waals surface area contributed by atoms with Crippen LogP contribution in [0.5, 0.6) is 17.2 Å². The van der Waals surface area contributed by atoms with Gasteiger partial charge in [-0.15, -0.1) is 0 Å². The Hall–Kier alpha value is -3.36. The number of alkyl halides is 2. The van der Waals surface area contributed by atoms with E-state index < -0.39 is 25.1 Å². The van der Waals surface area contributed by atoms with Gasteiger partial charge < -0.3 is 24.3 Å². The van der Waals surface area contributed by atoms with Crippen LogP contribution in [0, 0.1) is 0 Å². The number of halogens is 2. The number of methoxy groups -OCH3 is 2. The summed E-state index contributed by atoms with van der Waals surface area (Å²) in [6.07, 6.45) is 0. The molecule has 0 aliphatic rings. The second-order valence-corrected chi connectivity index (χ2v) is 5.41. The predicted octanol–water partition coefficient (Wildman–Crippen LogP) is 2.78. The zero-order chi connectivity index (χ0) is 20.5. The van der Waals surface area contributed by atoms with Crippen LogP contribution in [0.2, 0.25) is 0 Å². The normalized spacial score (nSPS) is 10.3. The van der Waals surface area contributed by atoms with Gasteiger partial charge in [-0.2, -0.15) is 8.78 Å². The van der Waals surface area contributed by atoms with Crippen LogP contribution in [0.3, 0.4) is 0 Å². The first-order chi connectivity index (χ1) is 13.4. The van der Waals surface area contributed by atoms with Gasteiger partial charge in [0.2, 0.25) is 0 Å². The molecule has 0 aromatic heterocycles. The van der Waals surface area contributed by atoms with E-state index in [-0.39, 0.29) is 23.6 Å². The number of benzene rings is 2. The highest BCUT2D eigenvalue weighted by Gasteiger charge is 2.16. The molecule has 0 unspecified atom stereocenters. The minimum absolute atomic E-state index is 0.0241. The van der Waals surface area contributed by atoms with Crippen LogP contribution in [-0.4, -0.2) is 39.3 Å². The smallest absolute Gasteiger partial charge is 0.387 e. The van der Waals surface area contributed by atoms with Crippen LogP contribution in [0.25, 0.3) is 0 Å². The van der Waals surface area contributed by atoms with E-state index in [4.69, 9.17) is 14.2 Å². The fourth-order valence-electron chi connectivity index (χ4n) is 2.30. The molecule has 1 amide bonds. The minimum Gasteiger partial charge on any atom is -0.496 e. The van der Waals surface area contributed by atoms with E-state index in [1.165, 1.54) is 26.4 Å². The van der Waals surface area contributed by atoms with Gasteiger partial charge in [0.1, 0.15) is 5.75 Å². The lowest BCUT2D eigenvalue weighted by atomic mass is 10.2. The Kier molecular flexibility index (Phi) is 7.55. The lowest BCUT2D eigenvalue weighted by molar-refractivity contribution is -0.124. The minimum atomic E-state index is -3.03. The van der Waals surface area contributed by atoms with Crippen molar-refractivity contribution in [2.45, 2.75) is 13.2 Å². The standard InChI is InChI=1S/C19H19F2NO6/c1-25-14-6-4-3-5-13(14)10-22-17(23)11-27-18(24)12-7-8-15(28-19(20)21)16(9-12)26-2/h3-9,19H,10-11H2,1-2H3,(H,22,23). The van der Waals surface area contributed by atoms with Crippen molar-refractivity contribution in [2.75, 3.05) is 20.8 Å². The molecule has 0 bridgehead atoms. The predicted molar refractivity (Wildman–Crippen MR) is 94.7 cm³/mol. The summed E-state index contributed by atoms with van der Waals surface area (Å²) in [5.74, 6) is -0.977. The maximum Gasteiger partial charge on any atom is 0.387 e. The fraction of sp³-hybridized carbons (Fsp3) is 0.263. The zero-order valence-electron chi connectivity index (χ0n) is 15.2. The van der Waals surface area contributed by atoms with Crippen LogP contribution in [0.4, 0.5) is 8.78 Å². The van der Waals surface area contributed by atoms with Crippen molar-refractivity contribution < 1.29 is 37.3 Å². The summed E-state index contributed by atoms with van der Waals surface area (Å²) >= 11 is 0. The largest absolute Gasteiger partial charge is 0.496 e. The third-order valence-electron chi connectivity index (χ3n) is 3.62. The molecule has 0 fully saturated rings. The second-order valence-electron chi connectivity index (χ2n) is 5.41. The summed E-state index contributed by atoms with van der Waals surface area (Å²) in [6.45, 7) is -3.34. The van der Waals surface area contributed by atoms with Gasteiger partial charge in [-0.3, -0.25) is 4.79 Å². The third-order valence-corrected chi connectivity index (χ3v) is 3.62. The van der Waals surface area contributed by atoms with Crippen molar-refractivity contribution >= 4 is 11.9 Å². The highest BCUT2D eigenvalue weighted by Crippen LogP contribution is 2.29. The molecular weight excluding hydrogens is 376 g/mol. The first kappa shape index (κ1) is 20.9. The molecular formula is C19H19F2NO6. The lowest BCUT2D eigenvalue weighted by Crippen LogP contribution is -2.28. The number of para-hydroxylation sites is 1. The molecule has 0 saturated heterocycles. The van der Waals surface area contributed by atoms with Gasteiger partial charge in [0, 0.05) is 12.1 Å². The van der Waals surface area contributed by atoms with E-state index >= 15 is 0 Å². The van der Waals surface area contributed by atoms with E-state index in [1.54, 1.807) is 24.3 Å². The summed E-state index contributed by atoms with van der Waals surface area (Å²) in [5, 5.41) is 2.61. The molecule has 9 heteroatoms. The van der Waals surface area contributed by atoms with Crippen LogP contribution < -0.4 is 19.5 Å². The molecule has 0 saturated carbocycles. The third kappa shape index (κ3) is 5.83. The maximum absolute atomic E-state index is 12.3. The lowest BCUT2D eigenvalue weighted by Gasteiger charge is -2.12. The SMILES string of the molecule is COc1ccccc1CNC(=O)COC(=O)c1ccc(OC(F)F)c(OC)c1. The van der Waals surface area contributed by atoms with Gasteiger partial charge in [0.25, 0.3) is 5.91 Å². The number of rotatable bonds is 9. The van der Waals surface area contributed by atoms with Crippen molar-refractivity contribution in [1.82, 2.24) is 5.32 Å². The first-order valence-corrected chi connectivity index (χ1v) is 8.13. The van der Waals surface area contributed by atoms with Crippen LogP contribution in [-0.2, 0) is 16.1 Å². The number of nitrogens with one attached hydrogen (secondary N) is 1. The van der Waals surface area contributed by atoms with E-state index in [1.807, 2.05) is 0 Å². The van der Waals surface area contributed by atoms with Crippen molar-refractivity contribution in [3.8, 4) is 17.2 Å². The average molecular weight is 395 g/mol. The molecule has 2 aromatic carbocycles. The number of hydrogen-bond acceptors (Lipinski definition) is 6. The Balaban J connectivity index is 1.90. The molecule has 0 spiro atoms. The van der Waals surface area contributed by atoms with Crippen LogP contribution in [0.15, 0.2) is 42.5 Å². The van der Waals surface area contributed by atoms with E-state index in [0.717, 1.165) is 11.6 Å². The summed E-state index contributed by atoms with van der Waals surface area (Å²) in [6, 6.07) is 10.7. The molecule has 0 atom stereocenters. The summed E-state index contributed by atoms with van der Waals surface area (Å²) in [5.41, 5.74) is 0.792.